The molecule has 156 valence electrons. The molecule has 0 N–H and O–H groups in total. The van der Waals surface area contributed by atoms with E-state index in [1.807, 2.05) is 25.1 Å². The van der Waals surface area contributed by atoms with E-state index in [2.05, 4.69) is 26.0 Å². The zero-order valence-electron chi connectivity index (χ0n) is 17.3. The van der Waals surface area contributed by atoms with Gasteiger partial charge in [-0.15, -0.1) is 0 Å². The minimum Gasteiger partial charge on any atom is -0.494 e. The minimum atomic E-state index is -3.10. The number of hydrogen-bond donors (Lipinski definition) is 0. The van der Waals surface area contributed by atoms with Crippen LogP contribution in [0.1, 0.15) is 54.6 Å². The molecule has 1 unspecified atom stereocenters. The Hall–Kier alpha value is -2.34. The first-order chi connectivity index (χ1) is 13.8. The maximum Gasteiger partial charge on any atom is 0.254 e. The number of ether oxygens (including phenoxy) is 1. The molecule has 3 rings (SSSR count). The van der Waals surface area contributed by atoms with Crippen molar-refractivity contribution < 1.29 is 17.9 Å². The number of rotatable bonds is 7. The number of benzene rings is 2. The first-order valence-corrected chi connectivity index (χ1v) is 11.9. The van der Waals surface area contributed by atoms with Crippen LogP contribution in [0, 0.1) is 0 Å². The maximum atomic E-state index is 13.4. The van der Waals surface area contributed by atoms with Crippen molar-refractivity contribution in [3.63, 3.8) is 0 Å². The van der Waals surface area contributed by atoms with Gasteiger partial charge in [-0.2, -0.15) is 0 Å². The molecule has 0 radical (unpaired) electrons. The third-order valence-corrected chi connectivity index (χ3v) is 7.05. The van der Waals surface area contributed by atoms with Crippen LogP contribution in [0.15, 0.2) is 48.5 Å². The molecular weight excluding hydrogens is 386 g/mol. The summed E-state index contributed by atoms with van der Waals surface area (Å²) in [6.07, 6.45) is 0.475. The van der Waals surface area contributed by atoms with E-state index in [9.17, 15) is 13.2 Å². The molecule has 0 saturated carbocycles. The molecule has 0 bridgehead atoms. The molecule has 0 aliphatic carbocycles. The van der Waals surface area contributed by atoms with Gasteiger partial charge in [0.1, 0.15) is 5.75 Å². The highest BCUT2D eigenvalue weighted by atomic mass is 32.2. The van der Waals surface area contributed by atoms with Gasteiger partial charge >= 0.3 is 0 Å². The van der Waals surface area contributed by atoms with Gasteiger partial charge in [-0.25, -0.2) is 8.42 Å². The molecule has 2 aromatic rings. The molecule has 1 aliphatic heterocycles. The number of hydrogen-bond acceptors (Lipinski definition) is 4. The standard InChI is InChI=1S/C23H29NO4S/c1-4-28-22-7-5-6-20(14-22)23(25)24(21-12-13-29(26,27)16-21)15-18-8-10-19(11-9-18)17(2)3/h5-11,14,17,21H,4,12-13,15-16H2,1-3H3. The van der Waals surface area contributed by atoms with Crippen LogP contribution in [0.5, 0.6) is 5.75 Å². The van der Waals surface area contributed by atoms with Gasteiger partial charge in [-0.05, 0) is 48.6 Å². The van der Waals surface area contributed by atoms with E-state index in [0.29, 0.717) is 36.8 Å². The molecule has 1 heterocycles. The fourth-order valence-electron chi connectivity index (χ4n) is 3.64. The van der Waals surface area contributed by atoms with E-state index < -0.39 is 9.84 Å². The van der Waals surface area contributed by atoms with Gasteiger partial charge in [0, 0.05) is 18.2 Å². The van der Waals surface area contributed by atoms with Gasteiger partial charge in [0.2, 0.25) is 0 Å². The van der Waals surface area contributed by atoms with E-state index in [1.54, 1.807) is 23.1 Å². The Kier molecular flexibility index (Phi) is 6.63. The van der Waals surface area contributed by atoms with E-state index in [0.717, 1.165) is 5.56 Å². The number of sulfone groups is 1. The number of nitrogens with zero attached hydrogens (tertiary/aromatic N) is 1. The highest BCUT2D eigenvalue weighted by Crippen LogP contribution is 2.24. The van der Waals surface area contributed by atoms with Crippen molar-refractivity contribution in [1.29, 1.82) is 0 Å². The van der Waals surface area contributed by atoms with Crippen LogP contribution in [0.2, 0.25) is 0 Å². The Labute approximate surface area is 173 Å². The molecule has 1 saturated heterocycles. The molecule has 1 atom stereocenters. The lowest BCUT2D eigenvalue weighted by atomic mass is 10.0. The van der Waals surface area contributed by atoms with Crippen LogP contribution >= 0.6 is 0 Å². The highest BCUT2D eigenvalue weighted by Gasteiger charge is 2.35. The first-order valence-electron chi connectivity index (χ1n) is 10.1. The molecule has 1 amide bonds. The summed E-state index contributed by atoms with van der Waals surface area (Å²) in [7, 11) is -3.10. The van der Waals surface area contributed by atoms with Crippen molar-refractivity contribution in [3.8, 4) is 5.75 Å². The van der Waals surface area contributed by atoms with Crippen LogP contribution in [0.3, 0.4) is 0 Å². The second-order valence-corrected chi connectivity index (χ2v) is 10.1. The lowest BCUT2D eigenvalue weighted by Gasteiger charge is -2.29. The molecule has 5 nitrogen and oxygen atoms in total. The Morgan fingerprint density at radius 3 is 2.48 bits per heavy atom. The van der Waals surface area contributed by atoms with Gasteiger partial charge in [0.25, 0.3) is 5.91 Å². The third kappa shape index (κ3) is 5.38. The van der Waals surface area contributed by atoms with Gasteiger partial charge in [0.15, 0.2) is 9.84 Å². The van der Waals surface area contributed by atoms with Crippen molar-refractivity contribution in [3.05, 3.63) is 65.2 Å². The quantitative estimate of drug-likeness (QED) is 0.685. The molecule has 1 aliphatic rings. The van der Waals surface area contributed by atoms with Crippen LogP contribution < -0.4 is 4.74 Å². The van der Waals surface area contributed by atoms with E-state index in [-0.39, 0.29) is 23.5 Å². The normalized spacial score (nSPS) is 18.0. The van der Waals surface area contributed by atoms with Gasteiger partial charge < -0.3 is 9.64 Å². The number of carbonyl (C=O) groups is 1. The molecule has 6 heteroatoms. The van der Waals surface area contributed by atoms with Gasteiger partial charge in [-0.1, -0.05) is 44.2 Å². The Bertz CT molecular complexity index is 951. The molecule has 29 heavy (non-hydrogen) atoms. The average molecular weight is 416 g/mol. The fraction of sp³-hybridized carbons (Fsp3) is 0.435. The maximum absolute atomic E-state index is 13.4. The summed E-state index contributed by atoms with van der Waals surface area (Å²) >= 11 is 0. The van der Waals surface area contributed by atoms with Gasteiger partial charge in [-0.3, -0.25) is 4.79 Å². The van der Waals surface area contributed by atoms with Crippen molar-refractivity contribution in [2.24, 2.45) is 0 Å². The summed E-state index contributed by atoms with van der Waals surface area (Å²) in [5.41, 5.74) is 2.74. The topological polar surface area (TPSA) is 63.7 Å². The zero-order chi connectivity index (χ0) is 21.0. The first kappa shape index (κ1) is 21.4. The summed E-state index contributed by atoms with van der Waals surface area (Å²) in [5, 5.41) is 0. The second-order valence-electron chi connectivity index (χ2n) is 7.85. The van der Waals surface area contributed by atoms with E-state index >= 15 is 0 Å². The Morgan fingerprint density at radius 1 is 1.17 bits per heavy atom. The predicted molar refractivity (Wildman–Crippen MR) is 115 cm³/mol. The lowest BCUT2D eigenvalue weighted by molar-refractivity contribution is 0.0680. The second kappa shape index (κ2) is 8.99. The molecule has 1 fully saturated rings. The number of carbonyl (C=O) groups excluding carboxylic acids is 1. The Balaban J connectivity index is 1.88. The predicted octanol–water partition coefficient (Wildman–Crippen LogP) is 4.04. The van der Waals surface area contributed by atoms with Crippen molar-refractivity contribution in [1.82, 2.24) is 4.90 Å². The van der Waals surface area contributed by atoms with Crippen molar-refractivity contribution in [2.45, 2.75) is 45.7 Å². The summed E-state index contributed by atoms with van der Waals surface area (Å²) < 4.78 is 29.6. The largest absolute Gasteiger partial charge is 0.494 e. The summed E-state index contributed by atoms with van der Waals surface area (Å²) in [6, 6.07) is 15.0. The lowest BCUT2D eigenvalue weighted by Crippen LogP contribution is -2.40. The van der Waals surface area contributed by atoms with Crippen molar-refractivity contribution >= 4 is 15.7 Å². The molecule has 2 aromatic carbocycles. The van der Waals surface area contributed by atoms with Crippen LogP contribution in [-0.4, -0.2) is 43.4 Å². The third-order valence-electron chi connectivity index (χ3n) is 5.30. The van der Waals surface area contributed by atoms with E-state index in [4.69, 9.17) is 4.74 Å². The van der Waals surface area contributed by atoms with Crippen molar-refractivity contribution in [2.75, 3.05) is 18.1 Å². The van der Waals surface area contributed by atoms with Gasteiger partial charge in [0.05, 0.1) is 18.1 Å². The molecular formula is C23H29NO4S. The average Bonchev–Trinajstić information content (AvgIpc) is 3.06. The van der Waals surface area contributed by atoms with E-state index in [1.165, 1.54) is 5.56 Å². The monoisotopic (exact) mass is 415 g/mol. The SMILES string of the molecule is CCOc1cccc(C(=O)N(Cc2ccc(C(C)C)cc2)C2CCS(=O)(=O)C2)c1. The zero-order valence-corrected chi connectivity index (χ0v) is 18.1. The summed E-state index contributed by atoms with van der Waals surface area (Å²) in [4.78, 5) is 15.1. The molecule has 0 spiro atoms. The van der Waals surface area contributed by atoms with Crippen LogP contribution in [0.25, 0.3) is 0 Å². The molecule has 0 aromatic heterocycles. The fourth-order valence-corrected chi connectivity index (χ4v) is 5.37. The minimum absolute atomic E-state index is 0.0218. The van der Waals surface area contributed by atoms with Crippen LogP contribution in [-0.2, 0) is 16.4 Å². The summed E-state index contributed by atoms with van der Waals surface area (Å²) in [6.45, 7) is 7.07. The summed E-state index contributed by atoms with van der Waals surface area (Å²) in [5.74, 6) is 1.06. The number of amides is 1. The smallest absolute Gasteiger partial charge is 0.254 e. The van der Waals surface area contributed by atoms with Crippen LogP contribution in [0.4, 0.5) is 0 Å². The Morgan fingerprint density at radius 2 is 1.90 bits per heavy atom. The highest BCUT2D eigenvalue weighted by molar-refractivity contribution is 7.91.